The van der Waals surface area contributed by atoms with Crippen molar-refractivity contribution in [3.8, 4) is 0 Å². The summed E-state index contributed by atoms with van der Waals surface area (Å²) in [6.07, 6.45) is 0.287. The van der Waals surface area contributed by atoms with E-state index in [0.29, 0.717) is 37.1 Å². The summed E-state index contributed by atoms with van der Waals surface area (Å²) in [5, 5.41) is 8.08. The summed E-state index contributed by atoms with van der Waals surface area (Å²) in [6.45, 7) is 6.45. The van der Waals surface area contributed by atoms with Gasteiger partial charge in [-0.1, -0.05) is 12.1 Å². The van der Waals surface area contributed by atoms with Gasteiger partial charge in [-0.15, -0.1) is 0 Å². The van der Waals surface area contributed by atoms with Crippen molar-refractivity contribution < 1.29 is 22.5 Å². The number of aryl methyl sites for hydroxylation is 1. The Labute approximate surface area is 177 Å². The number of aromatic nitrogens is 4. The SMILES string of the molecule is CCc1cc(C(F)(F)F)c2c(C3CCCN(C(=O)c4cnn(C(C)C)c4)C3)noc2n1. The number of fused-ring (bicyclic) bond motifs is 1. The van der Waals surface area contributed by atoms with E-state index in [1.807, 2.05) is 13.8 Å². The zero-order valence-electron chi connectivity index (χ0n) is 17.6. The van der Waals surface area contributed by atoms with E-state index in [2.05, 4.69) is 15.2 Å². The van der Waals surface area contributed by atoms with Crippen LogP contribution in [0.5, 0.6) is 0 Å². The number of halogens is 3. The van der Waals surface area contributed by atoms with E-state index in [-0.39, 0.29) is 41.2 Å². The van der Waals surface area contributed by atoms with Crippen molar-refractivity contribution in [2.75, 3.05) is 13.1 Å². The van der Waals surface area contributed by atoms with Gasteiger partial charge in [0.1, 0.15) is 0 Å². The molecule has 1 unspecified atom stereocenters. The molecule has 7 nitrogen and oxygen atoms in total. The Balaban J connectivity index is 1.66. The maximum atomic E-state index is 13.8. The van der Waals surface area contributed by atoms with Gasteiger partial charge in [0.15, 0.2) is 0 Å². The standard InChI is InChI=1S/C21H24F3N5O2/c1-4-15-8-16(21(22,23)24)17-18(27-31-19(17)26-15)13-6-5-7-28(10-13)20(30)14-9-25-29(11-14)12(2)3/h8-9,11-13H,4-7,10H2,1-3H3. The molecule has 1 saturated heterocycles. The monoisotopic (exact) mass is 435 g/mol. The Morgan fingerprint density at radius 1 is 1.35 bits per heavy atom. The van der Waals surface area contributed by atoms with Crippen molar-refractivity contribution in [3.05, 3.63) is 41.0 Å². The fourth-order valence-electron chi connectivity index (χ4n) is 4.01. The lowest BCUT2D eigenvalue weighted by atomic mass is 9.91. The van der Waals surface area contributed by atoms with Gasteiger partial charge >= 0.3 is 6.18 Å². The quantitative estimate of drug-likeness (QED) is 0.599. The van der Waals surface area contributed by atoms with Gasteiger partial charge in [-0.2, -0.15) is 18.3 Å². The van der Waals surface area contributed by atoms with E-state index in [0.717, 1.165) is 6.07 Å². The highest BCUT2D eigenvalue weighted by atomic mass is 19.4. The second-order valence-electron chi connectivity index (χ2n) is 8.15. The number of likely N-dealkylation sites (tertiary alicyclic amines) is 1. The molecular weight excluding hydrogens is 411 g/mol. The average Bonchev–Trinajstić information content (AvgIpc) is 3.39. The average molecular weight is 435 g/mol. The first-order valence-corrected chi connectivity index (χ1v) is 10.4. The Kier molecular flexibility index (Phi) is 5.49. The van der Waals surface area contributed by atoms with Gasteiger partial charge in [0.05, 0.1) is 28.4 Å². The zero-order valence-corrected chi connectivity index (χ0v) is 17.6. The van der Waals surface area contributed by atoms with Crippen molar-refractivity contribution in [3.63, 3.8) is 0 Å². The Morgan fingerprint density at radius 3 is 2.77 bits per heavy atom. The molecule has 31 heavy (non-hydrogen) atoms. The highest BCUT2D eigenvalue weighted by Gasteiger charge is 2.38. The van der Waals surface area contributed by atoms with Gasteiger partial charge in [-0.05, 0) is 39.2 Å². The fraction of sp³-hybridized carbons (Fsp3) is 0.524. The summed E-state index contributed by atoms with van der Waals surface area (Å²) in [4.78, 5) is 18.8. The van der Waals surface area contributed by atoms with Gasteiger partial charge in [0.2, 0.25) is 0 Å². The van der Waals surface area contributed by atoms with Crippen molar-refractivity contribution in [1.82, 2.24) is 24.8 Å². The van der Waals surface area contributed by atoms with Crippen LogP contribution in [-0.4, -0.2) is 43.8 Å². The number of nitrogens with zero attached hydrogens (tertiary/aromatic N) is 5. The molecule has 166 valence electrons. The van der Waals surface area contributed by atoms with E-state index >= 15 is 0 Å². The number of carbonyl (C=O) groups excluding carboxylic acids is 1. The van der Waals surface area contributed by atoms with Crippen molar-refractivity contribution in [2.45, 2.75) is 58.2 Å². The fourth-order valence-corrected chi connectivity index (χ4v) is 4.01. The smallest absolute Gasteiger partial charge is 0.338 e. The van der Waals surface area contributed by atoms with Crippen LogP contribution in [0.25, 0.3) is 11.1 Å². The van der Waals surface area contributed by atoms with Crippen LogP contribution in [0.15, 0.2) is 23.0 Å². The predicted octanol–water partition coefficient (Wildman–Crippen LogP) is 4.60. The van der Waals surface area contributed by atoms with Crippen LogP contribution in [0, 0.1) is 0 Å². The molecule has 0 bridgehead atoms. The van der Waals surface area contributed by atoms with Gasteiger partial charge in [-0.3, -0.25) is 9.48 Å². The second-order valence-corrected chi connectivity index (χ2v) is 8.15. The predicted molar refractivity (Wildman–Crippen MR) is 107 cm³/mol. The molecule has 0 radical (unpaired) electrons. The van der Waals surface area contributed by atoms with E-state index in [4.69, 9.17) is 4.52 Å². The first kappa shape index (κ1) is 21.3. The lowest BCUT2D eigenvalue weighted by Gasteiger charge is -2.31. The van der Waals surface area contributed by atoms with Crippen molar-refractivity contribution in [1.29, 1.82) is 0 Å². The minimum absolute atomic E-state index is 0.100. The van der Waals surface area contributed by atoms with Crippen molar-refractivity contribution >= 4 is 17.0 Å². The molecule has 3 aromatic rings. The molecule has 0 N–H and O–H groups in total. The van der Waals surface area contributed by atoms with Crippen LogP contribution in [-0.2, 0) is 12.6 Å². The van der Waals surface area contributed by atoms with Crippen LogP contribution in [0.2, 0.25) is 0 Å². The summed E-state index contributed by atoms with van der Waals surface area (Å²) in [7, 11) is 0. The molecular formula is C21H24F3N5O2. The third-order valence-corrected chi connectivity index (χ3v) is 5.67. The maximum absolute atomic E-state index is 13.8. The Morgan fingerprint density at radius 2 is 2.13 bits per heavy atom. The molecule has 1 aliphatic rings. The van der Waals surface area contributed by atoms with Gasteiger partial charge < -0.3 is 9.42 Å². The molecule has 0 spiro atoms. The third-order valence-electron chi connectivity index (χ3n) is 5.67. The van der Waals surface area contributed by atoms with Crippen LogP contribution in [0.3, 0.4) is 0 Å². The van der Waals surface area contributed by atoms with Gasteiger partial charge in [-0.25, -0.2) is 4.98 Å². The number of hydrogen-bond donors (Lipinski definition) is 0. The molecule has 1 aliphatic heterocycles. The number of rotatable bonds is 4. The topological polar surface area (TPSA) is 77.0 Å². The van der Waals surface area contributed by atoms with Crippen LogP contribution in [0.4, 0.5) is 13.2 Å². The van der Waals surface area contributed by atoms with Crippen molar-refractivity contribution in [2.24, 2.45) is 0 Å². The summed E-state index contributed by atoms with van der Waals surface area (Å²) in [5.74, 6) is -0.554. The molecule has 1 amide bonds. The number of alkyl halides is 3. The van der Waals surface area contributed by atoms with E-state index in [1.54, 1.807) is 22.7 Å². The van der Waals surface area contributed by atoms with Crippen LogP contribution < -0.4 is 0 Å². The molecule has 3 aromatic heterocycles. The van der Waals surface area contributed by atoms with Gasteiger partial charge in [0, 0.05) is 36.9 Å². The van der Waals surface area contributed by atoms with Crippen LogP contribution >= 0.6 is 0 Å². The third kappa shape index (κ3) is 4.03. The summed E-state index contributed by atoms with van der Waals surface area (Å²) in [5.41, 5.74) is 0.0816. The van der Waals surface area contributed by atoms with E-state index < -0.39 is 11.7 Å². The highest BCUT2D eigenvalue weighted by molar-refractivity contribution is 5.94. The molecule has 0 saturated carbocycles. The Hall–Kier alpha value is -2.91. The van der Waals surface area contributed by atoms with E-state index in [9.17, 15) is 18.0 Å². The molecule has 4 rings (SSSR count). The minimum atomic E-state index is -4.55. The molecule has 0 aliphatic carbocycles. The second kappa shape index (κ2) is 7.97. The normalized spacial score (nSPS) is 17.6. The highest BCUT2D eigenvalue weighted by Crippen LogP contribution is 2.40. The summed E-state index contributed by atoms with van der Waals surface area (Å²) in [6, 6.07) is 1.19. The lowest BCUT2D eigenvalue weighted by molar-refractivity contribution is -0.136. The maximum Gasteiger partial charge on any atom is 0.417 e. The number of carbonyl (C=O) groups is 1. The number of piperidine rings is 1. The molecule has 1 atom stereocenters. The molecule has 4 heterocycles. The first-order chi connectivity index (χ1) is 14.7. The molecule has 0 aromatic carbocycles. The number of amides is 1. The van der Waals surface area contributed by atoms with Gasteiger partial charge in [0.25, 0.3) is 11.6 Å². The largest absolute Gasteiger partial charge is 0.417 e. The summed E-state index contributed by atoms with van der Waals surface area (Å²) < 4.78 is 48.3. The van der Waals surface area contributed by atoms with E-state index in [1.165, 1.54) is 6.20 Å². The zero-order chi connectivity index (χ0) is 22.3. The minimum Gasteiger partial charge on any atom is -0.338 e. The summed E-state index contributed by atoms with van der Waals surface area (Å²) >= 11 is 0. The van der Waals surface area contributed by atoms with Crippen LogP contribution in [0.1, 0.15) is 72.9 Å². The number of pyridine rings is 1. The number of hydrogen-bond acceptors (Lipinski definition) is 5. The first-order valence-electron chi connectivity index (χ1n) is 10.4. The Bertz CT molecular complexity index is 1100. The molecule has 1 fully saturated rings. The lowest BCUT2D eigenvalue weighted by Crippen LogP contribution is -2.39. The molecule has 10 heteroatoms.